The molecule has 17 heavy (non-hydrogen) atoms. The summed E-state index contributed by atoms with van der Waals surface area (Å²) in [6, 6.07) is 9.31. The Morgan fingerprint density at radius 3 is 2.53 bits per heavy atom. The van der Waals surface area contributed by atoms with Crippen molar-refractivity contribution in [2.45, 2.75) is 32.5 Å². The van der Waals surface area contributed by atoms with Crippen molar-refractivity contribution in [2.24, 2.45) is 0 Å². The third-order valence-electron chi connectivity index (χ3n) is 2.13. The molecular weight excluding hydrogens is 220 g/mol. The van der Waals surface area contributed by atoms with Crippen LogP contribution in [0.2, 0.25) is 0 Å². The van der Waals surface area contributed by atoms with Crippen molar-refractivity contribution in [3.05, 3.63) is 35.9 Å². The first-order valence-corrected chi connectivity index (χ1v) is 5.37. The zero-order valence-electron chi connectivity index (χ0n) is 10.0. The van der Waals surface area contributed by atoms with Crippen LogP contribution in [0.4, 0.5) is 4.79 Å². The van der Waals surface area contributed by atoms with Gasteiger partial charge in [-0.05, 0) is 19.4 Å². The van der Waals surface area contributed by atoms with Gasteiger partial charge in [0.05, 0.1) is 0 Å². The van der Waals surface area contributed by atoms with E-state index in [4.69, 9.17) is 9.47 Å². The van der Waals surface area contributed by atoms with Gasteiger partial charge in [-0.15, -0.1) is 0 Å². The largest absolute Gasteiger partial charge is 0.509 e. The maximum Gasteiger partial charge on any atom is 0.509 e. The van der Waals surface area contributed by atoms with Gasteiger partial charge in [0.15, 0.2) is 0 Å². The lowest BCUT2D eigenvalue weighted by Gasteiger charge is -2.21. The van der Waals surface area contributed by atoms with E-state index in [2.05, 4.69) is 0 Å². The summed E-state index contributed by atoms with van der Waals surface area (Å²) in [5, 5.41) is 0. The number of hydrogen-bond acceptors (Lipinski definition) is 4. The van der Waals surface area contributed by atoms with Crippen molar-refractivity contribution < 1.29 is 19.1 Å². The van der Waals surface area contributed by atoms with E-state index in [9.17, 15) is 9.59 Å². The molecule has 0 spiro atoms. The number of rotatable bonds is 5. The van der Waals surface area contributed by atoms with Gasteiger partial charge in [0.25, 0.3) is 0 Å². The minimum Gasteiger partial charge on any atom is -0.429 e. The molecule has 0 aliphatic heterocycles. The molecule has 0 aliphatic carbocycles. The van der Waals surface area contributed by atoms with Gasteiger partial charge in [-0.25, -0.2) is 4.79 Å². The van der Waals surface area contributed by atoms with Crippen molar-refractivity contribution in [3.8, 4) is 0 Å². The summed E-state index contributed by atoms with van der Waals surface area (Å²) in [6.45, 7) is 3.48. The highest BCUT2D eigenvalue weighted by Gasteiger charge is 2.23. The van der Waals surface area contributed by atoms with Crippen LogP contribution in [-0.4, -0.2) is 18.0 Å². The molecule has 0 amide bonds. The van der Waals surface area contributed by atoms with E-state index < -0.39 is 11.8 Å². The number of carbonyl (C=O) groups excluding carboxylic acids is 2. The van der Waals surface area contributed by atoms with Crippen LogP contribution < -0.4 is 0 Å². The number of benzene rings is 1. The summed E-state index contributed by atoms with van der Waals surface area (Å²) >= 11 is 0. The summed E-state index contributed by atoms with van der Waals surface area (Å²) in [5.74, 6) is 0. The van der Waals surface area contributed by atoms with E-state index in [-0.39, 0.29) is 13.0 Å². The van der Waals surface area contributed by atoms with E-state index in [1.165, 1.54) is 0 Å². The smallest absolute Gasteiger partial charge is 0.429 e. The maximum absolute atomic E-state index is 11.3. The molecule has 0 unspecified atom stereocenters. The van der Waals surface area contributed by atoms with Gasteiger partial charge in [-0.3, -0.25) is 0 Å². The Labute approximate surface area is 101 Å². The highest BCUT2D eigenvalue weighted by molar-refractivity contribution is 5.61. The van der Waals surface area contributed by atoms with Crippen LogP contribution in [0.3, 0.4) is 0 Å². The molecule has 0 N–H and O–H groups in total. The molecule has 0 saturated heterocycles. The molecule has 0 saturated carbocycles. The predicted molar refractivity (Wildman–Crippen MR) is 62.5 cm³/mol. The highest BCUT2D eigenvalue weighted by atomic mass is 16.7. The van der Waals surface area contributed by atoms with Crippen molar-refractivity contribution >= 4 is 12.4 Å². The van der Waals surface area contributed by atoms with Crippen molar-refractivity contribution in [2.75, 3.05) is 0 Å². The van der Waals surface area contributed by atoms with Crippen molar-refractivity contribution in [1.29, 1.82) is 0 Å². The predicted octanol–water partition coefficient (Wildman–Crippen LogP) is 2.71. The average Bonchev–Trinajstić information content (AvgIpc) is 2.27. The van der Waals surface area contributed by atoms with Gasteiger partial charge in [-0.1, -0.05) is 30.3 Å². The van der Waals surface area contributed by atoms with Crippen LogP contribution in [-0.2, 0) is 20.9 Å². The minimum atomic E-state index is -0.824. The van der Waals surface area contributed by atoms with Crippen LogP contribution in [0.25, 0.3) is 0 Å². The summed E-state index contributed by atoms with van der Waals surface area (Å²) in [7, 11) is 0. The Morgan fingerprint density at radius 1 is 1.29 bits per heavy atom. The van der Waals surface area contributed by atoms with E-state index in [1.807, 2.05) is 30.3 Å². The first kappa shape index (κ1) is 13.2. The fourth-order valence-electron chi connectivity index (χ4n) is 1.21. The normalized spacial score (nSPS) is 10.7. The molecule has 1 aromatic carbocycles. The second-order valence-corrected chi connectivity index (χ2v) is 4.26. The summed E-state index contributed by atoms with van der Waals surface area (Å²) in [5.41, 5.74) is 0.0628. The summed E-state index contributed by atoms with van der Waals surface area (Å²) in [6.07, 6.45) is 0.0958. The van der Waals surface area contributed by atoms with E-state index in [0.717, 1.165) is 5.56 Å². The van der Waals surface area contributed by atoms with Crippen LogP contribution >= 0.6 is 0 Å². The van der Waals surface area contributed by atoms with Crippen LogP contribution in [0.15, 0.2) is 30.3 Å². The highest BCUT2D eigenvalue weighted by Crippen LogP contribution is 2.14. The number of aldehydes is 1. The maximum atomic E-state index is 11.3. The van der Waals surface area contributed by atoms with Gasteiger partial charge in [0.2, 0.25) is 0 Å². The van der Waals surface area contributed by atoms with Crippen LogP contribution in [0, 0.1) is 0 Å². The second kappa shape index (κ2) is 6.03. The summed E-state index contributed by atoms with van der Waals surface area (Å²) < 4.78 is 9.94. The average molecular weight is 236 g/mol. The lowest BCUT2D eigenvalue weighted by molar-refractivity contribution is -0.112. The number of ether oxygens (including phenoxy) is 2. The molecule has 0 radical (unpaired) electrons. The van der Waals surface area contributed by atoms with Gasteiger partial charge < -0.3 is 14.3 Å². The van der Waals surface area contributed by atoms with Crippen LogP contribution in [0.1, 0.15) is 25.8 Å². The second-order valence-electron chi connectivity index (χ2n) is 4.26. The van der Waals surface area contributed by atoms with Crippen molar-refractivity contribution in [1.82, 2.24) is 0 Å². The third kappa shape index (κ3) is 5.15. The molecule has 1 rings (SSSR count). The topological polar surface area (TPSA) is 52.6 Å². The minimum absolute atomic E-state index is 0.146. The molecule has 4 nitrogen and oxygen atoms in total. The quantitative estimate of drug-likeness (QED) is 0.582. The Bertz CT molecular complexity index is 370. The fraction of sp³-hybridized carbons (Fsp3) is 0.385. The Kier molecular flexibility index (Phi) is 4.69. The molecule has 0 fully saturated rings. The zero-order chi connectivity index (χ0) is 12.7. The molecule has 1 aromatic rings. The number of hydrogen-bond donors (Lipinski definition) is 0. The first-order chi connectivity index (χ1) is 8.03. The third-order valence-corrected chi connectivity index (χ3v) is 2.13. The van der Waals surface area contributed by atoms with Gasteiger partial charge in [0, 0.05) is 6.42 Å². The van der Waals surface area contributed by atoms with E-state index in [1.54, 1.807) is 13.8 Å². The number of carbonyl (C=O) groups is 2. The molecule has 0 bridgehead atoms. The lowest BCUT2D eigenvalue weighted by Crippen LogP contribution is -2.28. The molecular formula is C13H16O4. The summed E-state index contributed by atoms with van der Waals surface area (Å²) in [4.78, 5) is 21.7. The SMILES string of the molecule is CC(C)(CC=O)OC(=O)OCc1ccccc1. The Balaban J connectivity index is 2.38. The van der Waals surface area contributed by atoms with Crippen molar-refractivity contribution in [3.63, 3.8) is 0 Å². The Hall–Kier alpha value is -1.84. The molecule has 92 valence electrons. The lowest BCUT2D eigenvalue weighted by atomic mass is 10.1. The first-order valence-electron chi connectivity index (χ1n) is 5.37. The van der Waals surface area contributed by atoms with Gasteiger partial charge >= 0.3 is 6.16 Å². The monoisotopic (exact) mass is 236 g/mol. The van der Waals surface area contributed by atoms with E-state index >= 15 is 0 Å². The van der Waals surface area contributed by atoms with Gasteiger partial charge in [0.1, 0.15) is 18.5 Å². The fourth-order valence-corrected chi connectivity index (χ4v) is 1.21. The van der Waals surface area contributed by atoms with E-state index in [0.29, 0.717) is 6.29 Å². The zero-order valence-corrected chi connectivity index (χ0v) is 10.0. The molecule has 0 aliphatic rings. The molecule has 4 heteroatoms. The Morgan fingerprint density at radius 2 is 1.94 bits per heavy atom. The molecule has 0 heterocycles. The van der Waals surface area contributed by atoms with Crippen LogP contribution in [0.5, 0.6) is 0 Å². The molecule has 0 aromatic heterocycles. The van der Waals surface area contributed by atoms with Gasteiger partial charge in [-0.2, -0.15) is 0 Å². The standard InChI is InChI=1S/C13H16O4/c1-13(2,8-9-14)17-12(15)16-10-11-6-4-3-5-7-11/h3-7,9H,8,10H2,1-2H3. The molecule has 0 atom stereocenters.